The van der Waals surface area contributed by atoms with Gasteiger partial charge in [0.05, 0.1) is 5.69 Å². The van der Waals surface area contributed by atoms with Crippen LogP contribution >= 0.6 is 22.9 Å². The Labute approximate surface area is 137 Å². The van der Waals surface area contributed by atoms with Crippen molar-refractivity contribution in [2.75, 3.05) is 0 Å². The van der Waals surface area contributed by atoms with Crippen molar-refractivity contribution in [3.8, 4) is 22.4 Å². The fraction of sp³-hybridized carbons (Fsp3) is 0. The number of rotatable bonds is 2. The number of hydrogen-bond donors (Lipinski definition) is 0. The first-order chi connectivity index (χ1) is 10.8. The highest BCUT2D eigenvalue weighted by molar-refractivity contribution is 7.16. The molecule has 0 fully saturated rings. The van der Waals surface area contributed by atoms with E-state index in [1.54, 1.807) is 11.3 Å². The molecule has 4 aromatic rings. The van der Waals surface area contributed by atoms with Gasteiger partial charge in [-0.2, -0.15) is 0 Å². The van der Waals surface area contributed by atoms with Crippen molar-refractivity contribution in [1.29, 1.82) is 0 Å². The molecule has 2 nitrogen and oxygen atoms in total. The summed E-state index contributed by atoms with van der Waals surface area (Å²) in [7, 11) is 0. The maximum atomic E-state index is 6.07. The molecule has 0 spiro atoms. The summed E-state index contributed by atoms with van der Waals surface area (Å²) in [6.45, 7) is 0. The van der Waals surface area contributed by atoms with E-state index in [0.29, 0.717) is 0 Å². The van der Waals surface area contributed by atoms with Crippen LogP contribution in [0.15, 0.2) is 66.0 Å². The SMILES string of the molecule is Clc1nc(-c2cccc(-c3ccccc3)c2)c2ccsc2n1. The van der Waals surface area contributed by atoms with Crippen LogP contribution in [0.3, 0.4) is 0 Å². The number of thiophene rings is 1. The zero-order chi connectivity index (χ0) is 14.9. The van der Waals surface area contributed by atoms with Gasteiger partial charge in [0.25, 0.3) is 0 Å². The van der Waals surface area contributed by atoms with Crippen LogP contribution in [0.4, 0.5) is 0 Å². The second-order valence-electron chi connectivity index (χ2n) is 4.93. The molecule has 0 saturated heterocycles. The Morgan fingerprint density at radius 3 is 2.41 bits per heavy atom. The molecule has 0 radical (unpaired) electrons. The number of hydrogen-bond acceptors (Lipinski definition) is 3. The first-order valence-corrected chi connectivity index (χ1v) is 8.13. The first kappa shape index (κ1) is 13.4. The zero-order valence-electron chi connectivity index (χ0n) is 11.5. The van der Waals surface area contributed by atoms with Gasteiger partial charge in [0, 0.05) is 10.9 Å². The molecule has 0 aliphatic rings. The van der Waals surface area contributed by atoms with E-state index in [2.05, 4.69) is 40.3 Å². The van der Waals surface area contributed by atoms with Crippen LogP contribution in [-0.2, 0) is 0 Å². The van der Waals surface area contributed by atoms with E-state index in [0.717, 1.165) is 27.0 Å². The Morgan fingerprint density at radius 1 is 0.773 bits per heavy atom. The van der Waals surface area contributed by atoms with Gasteiger partial charge in [-0.15, -0.1) is 11.3 Å². The lowest BCUT2D eigenvalue weighted by atomic mass is 10.0. The molecule has 0 aliphatic carbocycles. The second kappa shape index (κ2) is 5.52. The third-order valence-electron chi connectivity index (χ3n) is 3.54. The van der Waals surface area contributed by atoms with Crippen molar-refractivity contribution in [2.45, 2.75) is 0 Å². The monoisotopic (exact) mass is 322 g/mol. The van der Waals surface area contributed by atoms with Crippen molar-refractivity contribution >= 4 is 33.2 Å². The Morgan fingerprint density at radius 2 is 1.55 bits per heavy atom. The molecule has 4 heteroatoms. The van der Waals surface area contributed by atoms with Gasteiger partial charge in [-0.05, 0) is 40.2 Å². The quantitative estimate of drug-likeness (QED) is 0.444. The minimum absolute atomic E-state index is 0.287. The van der Waals surface area contributed by atoms with Crippen LogP contribution in [0.1, 0.15) is 0 Å². The molecule has 2 heterocycles. The van der Waals surface area contributed by atoms with E-state index in [9.17, 15) is 0 Å². The van der Waals surface area contributed by atoms with Crippen LogP contribution in [0.25, 0.3) is 32.6 Å². The highest BCUT2D eigenvalue weighted by Crippen LogP contribution is 2.32. The van der Waals surface area contributed by atoms with Crippen LogP contribution in [0.5, 0.6) is 0 Å². The molecule has 0 unspecified atom stereocenters. The Balaban J connectivity index is 1.91. The van der Waals surface area contributed by atoms with E-state index in [4.69, 9.17) is 11.6 Å². The fourth-order valence-electron chi connectivity index (χ4n) is 2.53. The van der Waals surface area contributed by atoms with Crippen molar-refractivity contribution in [1.82, 2.24) is 9.97 Å². The van der Waals surface area contributed by atoms with Gasteiger partial charge in [-0.3, -0.25) is 0 Å². The molecular formula is C18H11ClN2S. The smallest absolute Gasteiger partial charge is 0.217 e. The average Bonchev–Trinajstić information content (AvgIpc) is 3.03. The van der Waals surface area contributed by atoms with Crippen LogP contribution in [-0.4, -0.2) is 9.97 Å². The molecular weight excluding hydrogens is 312 g/mol. The molecule has 106 valence electrons. The molecule has 0 saturated carbocycles. The maximum Gasteiger partial charge on any atom is 0.224 e. The van der Waals surface area contributed by atoms with E-state index >= 15 is 0 Å². The molecule has 0 atom stereocenters. The number of aromatic nitrogens is 2. The molecule has 0 aliphatic heterocycles. The summed E-state index contributed by atoms with van der Waals surface area (Å²) in [5.74, 6) is 0. The van der Waals surface area contributed by atoms with Crippen molar-refractivity contribution in [3.63, 3.8) is 0 Å². The lowest BCUT2D eigenvalue weighted by Crippen LogP contribution is -1.89. The number of halogens is 1. The molecule has 2 aromatic heterocycles. The number of fused-ring (bicyclic) bond motifs is 1. The third-order valence-corrected chi connectivity index (χ3v) is 4.52. The normalized spacial score (nSPS) is 11.0. The van der Waals surface area contributed by atoms with Crippen LogP contribution < -0.4 is 0 Å². The molecule has 2 aromatic carbocycles. The van der Waals surface area contributed by atoms with E-state index in [-0.39, 0.29) is 5.28 Å². The lowest BCUT2D eigenvalue weighted by Gasteiger charge is -2.07. The lowest BCUT2D eigenvalue weighted by molar-refractivity contribution is 1.24. The summed E-state index contributed by atoms with van der Waals surface area (Å²) >= 11 is 7.65. The predicted molar refractivity (Wildman–Crippen MR) is 93.3 cm³/mol. The van der Waals surface area contributed by atoms with Gasteiger partial charge in [-0.25, -0.2) is 9.97 Å². The van der Waals surface area contributed by atoms with Gasteiger partial charge in [0.2, 0.25) is 5.28 Å². The van der Waals surface area contributed by atoms with E-state index < -0.39 is 0 Å². The Hall–Kier alpha value is -2.23. The highest BCUT2D eigenvalue weighted by Gasteiger charge is 2.10. The minimum atomic E-state index is 0.287. The highest BCUT2D eigenvalue weighted by atomic mass is 35.5. The second-order valence-corrected chi connectivity index (χ2v) is 6.16. The maximum absolute atomic E-state index is 6.07. The first-order valence-electron chi connectivity index (χ1n) is 6.88. The summed E-state index contributed by atoms with van der Waals surface area (Å²) in [5.41, 5.74) is 4.28. The van der Waals surface area contributed by atoms with Gasteiger partial charge < -0.3 is 0 Å². The van der Waals surface area contributed by atoms with Crippen LogP contribution in [0, 0.1) is 0 Å². The van der Waals surface area contributed by atoms with Crippen molar-refractivity contribution in [3.05, 3.63) is 71.3 Å². The summed E-state index contributed by atoms with van der Waals surface area (Å²) in [4.78, 5) is 9.63. The Kier molecular flexibility index (Phi) is 3.37. The topological polar surface area (TPSA) is 25.8 Å². The van der Waals surface area contributed by atoms with Gasteiger partial charge in [0.1, 0.15) is 4.83 Å². The molecule has 4 rings (SSSR count). The predicted octanol–water partition coefficient (Wildman–Crippen LogP) is 5.68. The summed E-state index contributed by atoms with van der Waals surface area (Å²) in [6.07, 6.45) is 0. The summed E-state index contributed by atoms with van der Waals surface area (Å²) in [6, 6.07) is 20.7. The molecule has 22 heavy (non-hydrogen) atoms. The average molecular weight is 323 g/mol. The molecule has 0 N–H and O–H groups in total. The number of benzene rings is 2. The Bertz CT molecular complexity index is 948. The van der Waals surface area contributed by atoms with Crippen molar-refractivity contribution < 1.29 is 0 Å². The van der Waals surface area contributed by atoms with Gasteiger partial charge >= 0.3 is 0 Å². The number of nitrogens with zero attached hydrogens (tertiary/aromatic N) is 2. The van der Waals surface area contributed by atoms with E-state index in [1.807, 2.05) is 35.7 Å². The molecule has 0 amide bonds. The van der Waals surface area contributed by atoms with E-state index in [1.165, 1.54) is 5.56 Å². The third kappa shape index (κ3) is 2.39. The minimum Gasteiger partial charge on any atom is -0.217 e. The fourth-order valence-corrected chi connectivity index (χ4v) is 3.51. The molecule has 0 bridgehead atoms. The van der Waals surface area contributed by atoms with Gasteiger partial charge in [0.15, 0.2) is 0 Å². The van der Waals surface area contributed by atoms with Crippen molar-refractivity contribution in [2.24, 2.45) is 0 Å². The zero-order valence-corrected chi connectivity index (χ0v) is 13.1. The largest absolute Gasteiger partial charge is 0.224 e. The van der Waals surface area contributed by atoms with Gasteiger partial charge in [-0.1, -0.05) is 48.5 Å². The summed E-state index contributed by atoms with van der Waals surface area (Å²) in [5, 5.41) is 3.34. The standard InChI is InChI=1S/C18H11ClN2S/c19-18-20-16(15-9-10-22-17(15)21-18)14-8-4-7-13(11-14)12-5-2-1-3-6-12/h1-11H. The summed E-state index contributed by atoms with van der Waals surface area (Å²) < 4.78 is 0. The van der Waals surface area contributed by atoms with Crippen LogP contribution in [0.2, 0.25) is 5.28 Å².